The topological polar surface area (TPSA) is 61.9 Å². The summed E-state index contributed by atoms with van der Waals surface area (Å²) in [5, 5.41) is 3.23. The van der Waals surface area contributed by atoms with Crippen molar-refractivity contribution in [3.05, 3.63) is 0 Å². The molecule has 1 unspecified atom stereocenters. The predicted octanol–water partition coefficient (Wildman–Crippen LogP) is -0.363. The maximum Gasteiger partial charge on any atom is 0.282 e. The van der Waals surface area contributed by atoms with Gasteiger partial charge in [0.1, 0.15) is 0 Å². The van der Waals surface area contributed by atoms with Gasteiger partial charge in [0.15, 0.2) is 0 Å². The molecule has 2 saturated heterocycles. The van der Waals surface area contributed by atoms with Crippen LogP contribution in [0.25, 0.3) is 0 Å². The van der Waals surface area contributed by atoms with E-state index in [4.69, 9.17) is 4.74 Å². The SMILES string of the molecule is CCC1COCCN1S(=O)(=O)N1CCCNCC1. The van der Waals surface area contributed by atoms with E-state index in [9.17, 15) is 8.42 Å². The van der Waals surface area contributed by atoms with Gasteiger partial charge in [-0.3, -0.25) is 0 Å². The van der Waals surface area contributed by atoms with Crippen LogP contribution < -0.4 is 5.32 Å². The number of ether oxygens (including phenoxy) is 1. The van der Waals surface area contributed by atoms with Gasteiger partial charge in [-0.15, -0.1) is 0 Å². The Morgan fingerprint density at radius 1 is 1.28 bits per heavy atom. The van der Waals surface area contributed by atoms with Crippen molar-refractivity contribution in [3.8, 4) is 0 Å². The van der Waals surface area contributed by atoms with Gasteiger partial charge in [-0.2, -0.15) is 17.0 Å². The van der Waals surface area contributed by atoms with Crippen molar-refractivity contribution in [2.45, 2.75) is 25.8 Å². The van der Waals surface area contributed by atoms with Crippen molar-refractivity contribution in [1.29, 1.82) is 0 Å². The van der Waals surface area contributed by atoms with E-state index < -0.39 is 10.2 Å². The maximum atomic E-state index is 12.6. The minimum absolute atomic E-state index is 0.0139. The lowest BCUT2D eigenvalue weighted by Gasteiger charge is -2.37. The van der Waals surface area contributed by atoms with Crippen molar-refractivity contribution in [2.24, 2.45) is 0 Å². The highest BCUT2D eigenvalue weighted by Gasteiger charge is 2.36. The molecule has 2 heterocycles. The van der Waals surface area contributed by atoms with Crippen molar-refractivity contribution >= 4 is 10.2 Å². The van der Waals surface area contributed by atoms with E-state index in [2.05, 4.69) is 5.32 Å². The molecular weight excluding hydrogens is 254 g/mol. The second-order valence-electron chi connectivity index (χ2n) is 4.76. The van der Waals surface area contributed by atoms with Crippen LogP contribution in [0.2, 0.25) is 0 Å². The van der Waals surface area contributed by atoms with Crippen molar-refractivity contribution in [2.75, 3.05) is 45.9 Å². The fourth-order valence-electron chi connectivity index (χ4n) is 2.46. The highest BCUT2D eigenvalue weighted by molar-refractivity contribution is 7.86. The predicted molar refractivity (Wildman–Crippen MR) is 69.6 cm³/mol. The molecule has 18 heavy (non-hydrogen) atoms. The molecule has 0 aromatic carbocycles. The van der Waals surface area contributed by atoms with Gasteiger partial charge in [0.25, 0.3) is 10.2 Å². The van der Waals surface area contributed by atoms with E-state index in [1.807, 2.05) is 6.92 Å². The smallest absolute Gasteiger partial charge is 0.282 e. The summed E-state index contributed by atoms with van der Waals surface area (Å²) < 4.78 is 33.9. The molecule has 0 amide bonds. The summed E-state index contributed by atoms with van der Waals surface area (Å²) in [6.07, 6.45) is 1.67. The molecule has 2 fully saturated rings. The molecule has 0 spiro atoms. The quantitative estimate of drug-likeness (QED) is 0.765. The van der Waals surface area contributed by atoms with Gasteiger partial charge in [0.2, 0.25) is 0 Å². The molecule has 0 aromatic heterocycles. The fraction of sp³-hybridized carbons (Fsp3) is 1.00. The standard InChI is InChI=1S/C11H23N3O3S/c1-2-11-10-17-9-8-14(11)18(15,16)13-6-3-4-12-5-7-13/h11-12H,2-10H2,1H3. The van der Waals surface area contributed by atoms with Gasteiger partial charge < -0.3 is 10.1 Å². The molecule has 6 nitrogen and oxygen atoms in total. The average Bonchev–Trinajstić information content (AvgIpc) is 2.68. The third kappa shape index (κ3) is 3.03. The van der Waals surface area contributed by atoms with Gasteiger partial charge in [-0.05, 0) is 19.4 Å². The molecule has 106 valence electrons. The summed E-state index contributed by atoms with van der Waals surface area (Å²) in [5.74, 6) is 0. The second-order valence-corrected chi connectivity index (χ2v) is 6.64. The normalized spacial score (nSPS) is 29.1. The second kappa shape index (κ2) is 6.29. The molecular formula is C11H23N3O3S. The van der Waals surface area contributed by atoms with Crippen LogP contribution in [0, 0.1) is 0 Å². The Morgan fingerprint density at radius 2 is 2.11 bits per heavy atom. The lowest BCUT2D eigenvalue weighted by molar-refractivity contribution is 0.0286. The number of nitrogens with zero attached hydrogens (tertiary/aromatic N) is 2. The number of morpholine rings is 1. The first-order valence-electron chi connectivity index (χ1n) is 6.71. The zero-order valence-corrected chi connectivity index (χ0v) is 11.8. The molecule has 0 bridgehead atoms. The van der Waals surface area contributed by atoms with Gasteiger partial charge in [0.05, 0.1) is 13.2 Å². The van der Waals surface area contributed by atoms with Gasteiger partial charge in [-0.25, -0.2) is 0 Å². The van der Waals surface area contributed by atoms with Crippen LogP contribution in [-0.4, -0.2) is 69.0 Å². The number of hydrogen-bond donors (Lipinski definition) is 1. The van der Waals surface area contributed by atoms with Crippen molar-refractivity contribution in [3.63, 3.8) is 0 Å². The Kier molecular flexibility index (Phi) is 4.97. The monoisotopic (exact) mass is 277 g/mol. The van der Waals surface area contributed by atoms with Crippen LogP contribution in [0.5, 0.6) is 0 Å². The van der Waals surface area contributed by atoms with E-state index in [0.717, 1.165) is 25.9 Å². The summed E-state index contributed by atoms with van der Waals surface area (Å²) in [4.78, 5) is 0. The van der Waals surface area contributed by atoms with E-state index in [-0.39, 0.29) is 6.04 Å². The molecule has 2 rings (SSSR count). The highest BCUT2D eigenvalue weighted by atomic mass is 32.2. The van der Waals surface area contributed by atoms with Crippen LogP contribution in [-0.2, 0) is 14.9 Å². The summed E-state index contributed by atoms with van der Waals surface area (Å²) in [5.41, 5.74) is 0. The van der Waals surface area contributed by atoms with Crippen LogP contribution in [0.4, 0.5) is 0 Å². The molecule has 1 N–H and O–H groups in total. The molecule has 1 atom stereocenters. The molecule has 0 aliphatic carbocycles. The third-order valence-corrected chi connectivity index (χ3v) is 5.66. The van der Waals surface area contributed by atoms with Gasteiger partial charge in [-0.1, -0.05) is 6.92 Å². The Morgan fingerprint density at radius 3 is 2.89 bits per heavy atom. The summed E-state index contributed by atoms with van der Waals surface area (Å²) >= 11 is 0. The average molecular weight is 277 g/mol. The summed E-state index contributed by atoms with van der Waals surface area (Å²) in [6.45, 7) is 6.31. The van der Waals surface area contributed by atoms with Crippen LogP contribution >= 0.6 is 0 Å². The Labute approximate surface area is 109 Å². The first-order chi connectivity index (χ1) is 8.66. The third-order valence-electron chi connectivity index (χ3n) is 3.57. The zero-order chi connectivity index (χ0) is 13.0. The molecule has 2 aliphatic rings. The van der Waals surface area contributed by atoms with E-state index in [1.54, 1.807) is 8.61 Å². The minimum Gasteiger partial charge on any atom is -0.378 e. The fourth-order valence-corrected chi connectivity index (χ4v) is 4.34. The highest BCUT2D eigenvalue weighted by Crippen LogP contribution is 2.18. The lowest BCUT2D eigenvalue weighted by atomic mass is 10.2. The van der Waals surface area contributed by atoms with Crippen LogP contribution in [0.3, 0.4) is 0 Å². The number of rotatable bonds is 3. The number of hydrogen-bond acceptors (Lipinski definition) is 4. The molecule has 0 radical (unpaired) electrons. The number of nitrogens with one attached hydrogen (secondary N) is 1. The van der Waals surface area contributed by atoms with Gasteiger partial charge in [0, 0.05) is 32.2 Å². The molecule has 2 aliphatic heterocycles. The maximum absolute atomic E-state index is 12.6. The first-order valence-corrected chi connectivity index (χ1v) is 8.11. The van der Waals surface area contributed by atoms with Gasteiger partial charge >= 0.3 is 0 Å². The van der Waals surface area contributed by atoms with Crippen LogP contribution in [0.1, 0.15) is 19.8 Å². The molecule has 7 heteroatoms. The Bertz CT molecular complexity index is 353. The van der Waals surface area contributed by atoms with Crippen molar-refractivity contribution in [1.82, 2.24) is 13.9 Å². The van der Waals surface area contributed by atoms with Crippen LogP contribution in [0.15, 0.2) is 0 Å². The van der Waals surface area contributed by atoms with E-state index >= 15 is 0 Å². The summed E-state index contributed by atoms with van der Waals surface area (Å²) in [6, 6.07) is -0.0139. The van der Waals surface area contributed by atoms with Crippen molar-refractivity contribution < 1.29 is 13.2 Å². The lowest BCUT2D eigenvalue weighted by Crippen LogP contribution is -2.54. The first kappa shape index (κ1) is 14.2. The molecule has 0 aromatic rings. The Balaban J connectivity index is 2.12. The van der Waals surface area contributed by atoms with E-state index in [0.29, 0.717) is 32.8 Å². The Hall–Kier alpha value is -0.210. The summed E-state index contributed by atoms with van der Waals surface area (Å²) in [7, 11) is -3.32. The zero-order valence-electron chi connectivity index (χ0n) is 11.0. The van der Waals surface area contributed by atoms with E-state index in [1.165, 1.54) is 0 Å². The molecule has 0 saturated carbocycles. The minimum atomic E-state index is -3.32. The largest absolute Gasteiger partial charge is 0.378 e.